The summed E-state index contributed by atoms with van der Waals surface area (Å²) >= 11 is 3.48. The first kappa shape index (κ1) is 20.9. The lowest BCUT2D eigenvalue weighted by molar-refractivity contribution is -0.140. The molecule has 5 heteroatoms. The third-order valence-electron chi connectivity index (χ3n) is 5.39. The lowest BCUT2D eigenvalue weighted by Gasteiger charge is -2.39. The monoisotopic (exact) mass is 445 g/mol. The number of nitrogens with zero attached hydrogens (tertiary/aromatic N) is 1. The number of amides is 1. The van der Waals surface area contributed by atoms with Crippen LogP contribution in [0.2, 0.25) is 0 Å². The molecule has 3 rings (SSSR count). The predicted molar refractivity (Wildman–Crippen MR) is 115 cm³/mol. The van der Waals surface area contributed by atoms with Crippen molar-refractivity contribution in [1.82, 2.24) is 4.90 Å². The molecule has 0 saturated carbocycles. The van der Waals surface area contributed by atoms with Crippen LogP contribution in [0.15, 0.2) is 46.9 Å². The van der Waals surface area contributed by atoms with E-state index in [1.165, 1.54) is 11.1 Å². The molecule has 0 aliphatic carbocycles. The first-order valence-electron chi connectivity index (χ1n) is 9.71. The molecule has 0 atom stereocenters. The van der Waals surface area contributed by atoms with E-state index in [2.05, 4.69) is 35.8 Å². The topological polar surface area (TPSA) is 38.8 Å². The van der Waals surface area contributed by atoms with Crippen LogP contribution in [-0.2, 0) is 14.9 Å². The van der Waals surface area contributed by atoms with Crippen LogP contribution in [0.25, 0.3) is 0 Å². The number of rotatable bonds is 6. The Bertz CT molecular complexity index is 793. The average Bonchev–Trinajstić information content (AvgIpc) is 2.67. The van der Waals surface area contributed by atoms with Gasteiger partial charge in [-0.2, -0.15) is 0 Å². The van der Waals surface area contributed by atoms with Crippen LogP contribution in [0.4, 0.5) is 0 Å². The van der Waals surface area contributed by atoms with Crippen molar-refractivity contribution in [2.24, 2.45) is 0 Å². The molecular weight excluding hydrogens is 418 g/mol. The lowest BCUT2D eigenvalue weighted by Crippen LogP contribution is -2.49. The fraction of sp³-hybridized carbons (Fsp3) is 0.435. The zero-order chi connectivity index (χ0) is 20.1. The van der Waals surface area contributed by atoms with Crippen molar-refractivity contribution in [1.29, 1.82) is 0 Å². The number of benzene rings is 2. The fourth-order valence-electron chi connectivity index (χ4n) is 3.90. The van der Waals surface area contributed by atoms with Crippen LogP contribution >= 0.6 is 15.9 Å². The minimum absolute atomic E-state index is 0.141. The molecule has 1 heterocycles. The van der Waals surface area contributed by atoms with E-state index in [4.69, 9.17) is 9.47 Å². The van der Waals surface area contributed by atoms with Crippen molar-refractivity contribution >= 4 is 21.8 Å². The number of likely N-dealkylation sites (N-methyl/N-ethyl adjacent to an activating group) is 1. The molecule has 28 heavy (non-hydrogen) atoms. The standard InChI is InChI=1S/C23H28BrNO3/c1-17-14-18(2)16-21(15-17)28-13-10-25(3)22(26)23(8-11-27-12-9-23)19-4-6-20(24)7-5-19/h4-7,14-16H,8-13H2,1-3H3. The molecule has 150 valence electrons. The molecule has 1 aliphatic rings. The quantitative estimate of drug-likeness (QED) is 0.649. The third kappa shape index (κ3) is 4.76. The van der Waals surface area contributed by atoms with Crippen LogP contribution in [-0.4, -0.2) is 44.2 Å². The van der Waals surface area contributed by atoms with E-state index >= 15 is 0 Å². The summed E-state index contributed by atoms with van der Waals surface area (Å²) in [6.45, 7) is 6.34. The molecule has 1 aliphatic heterocycles. The summed E-state index contributed by atoms with van der Waals surface area (Å²) in [4.78, 5) is 15.3. The molecule has 0 radical (unpaired) electrons. The number of halogens is 1. The van der Waals surface area contributed by atoms with Crippen LogP contribution in [0, 0.1) is 13.8 Å². The molecule has 1 fully saturated rings. The molecule has 4 nitrogen and oxygen atoms in total. The first-order valence-corrected chi connectivity index (χ1v) is 10.5. The number of hydrogen-bond acceptors (Lipinski definition) is 3. The smallest absolute Gasteiger partial charge is 0.233 e. The summed E-state index contributed by atoms with van der Waals surface area (Å²) in [6, 6.07) is 14.3. The minimum atomic E-state index is -0.520. The van der Waals surface area contributed by atoms with Crippen molar-refractivity contribution in [2.45, 2.75) is 32.1 Å². The molecule has 0 aromatic heterocycles. The van der Waals surface area contributed by atoms with Gasteiger partial charge in [0.25, 0.3) is 0 Å². The maximum absolute atomic E-state index is 13.5. The molecule has 0 unspecified atom stereocenters. The van der Waals surface area contributed by atoms with Gasteiger partial charge in [-0.1, -0.05) is 34.1 Å². The predicted octanol–water partition coefficient (Wildman–Crippen LogP) is 4.65. The van der Waals surface area contributed by atoms with Crippen molar-refractivity contribution in [3.05, 3.63) is 63.6 Å². The van der Waals surface area contributed by atoms with Crippen LogP contribution in [0.5, 0.6) is 5.75 Å². The highest BCUT2D eigenvalue weighted by Gasteiger charge is 2.43. The Balaban J connectivity index is 1.69. The van der Waals surface area contributed by atoms with E-state index in [0.29, 0.717) is 39.2 Å². The number of ether oxygens (including phenoxy) is 2. The minimum Gasteiger partial charge on any atom is -0.492 e. The highest BCUT2D eigenvalue weighted by atomic mass is 79.9. The average molecular weight is 446 g/mol. The van der Waals surface area contributed by atoms with Crippen LogP contribution in [0.3, 0.4) is 0 Å². The van der Waals surface area contributed by atoms with Gasteiger partial charge in [0, 0.05) is 24.7 Å². The van der Waals surface area contributed by atoms with Gasteiger partial charge in [-0.25, -0.2) is 0 Å². The summed E-state index contributed by atoms with van der Waals surface area (Å²) in [5.41, 5.74) is 2.89. The molecule has 0 N–H and O–H groups in total. The Morgan fingerprint density at radius 1 is 1.11 bits per heavy atom. The fourth-order valence-corrected chi connectivity index (χ4v) is 4.16. The van der Waals surface area contributed by atoms with Gasteiger partial charge in [0.2, 0.25) is 5.91 Å². The Hall–Kier alpha value is -1.85. The third-order valence-corrected chi connectivity index (χ3v) is 5.92. The molecular formula is C23H28BrNO3. The maximum atomic E-state index is 13.5. The SMILES string of the molecule is Cc1cc(C)cc(OCCN(C)C(=O)C2(c3ccc(Br)cc3)CCOCC2)c1. The largest absolute Gasteiger partial charge is 0.492 e. The van der Waals surface area contributed by atoms with Crippen molar-refractivity contribution < 1.29 is 14.3 Å². The Labute approximate surface area is 176 Å². The second-order valence-corrected chi connectivity index (χ2v) is 8.52. The number of hydrogen-bond donors (Lipinski definition) is 0. The van der Waals surface area contributed by atoms with E-state index in [9.17, 15) is 4.79 Å². The number of carbonyl (C=O) groups excluding carboxylic acids is 1. The van der Waals surface area contributed by atoms with Crippen molar-refractivity contribution in [2.75, 3.05) is 33.4 Å². The summed E-state index contributed by atoms with van der Waals surface area (Å²) in [5, 5.41) is 0. The molecule has 1 saturated heterocycles. The van der Waals surface area contributed by atoms with Crippen LogP contribution in [0.1, 0.15) is 29.5 Å². The number of carbonyl (C=O) groups is 1. The van der Waals surface area contributed by atoms with E-state index in [1.807, 2.05) is 43.4 Å². The molecule has 0 spiro atoms. The van der Waals surface area contributed by atoms with Gasteiger partial charge in [-0.3, -0.25) is 4.79 Å². The highest BCUT2D eigenvalue weighted by molar-refractivity contribution is 9.10. The van der Waals surface area contributed by atoms with Crippen molar-refractivity contribution in [3.8, 4) is 5.75 Å². The summed E-state index contributed by atoms with van der Waals surface area (Å²) < 4.78 is 12.5. The van der Waals surface area contributed by atoms with Gasteiger partial charge in [-0.15, -0.1) is 0 Å². The van der Waals surface area contributed by atoms with Gasteiger partial charge < -0.3 is 14.4 Å². The highest BCUT2D eigenvalue weighted by Crippen LogP contribution is 2.37. The van der Waals surface area contributed by atoms with E-state index in [1.54, 1.807) is 4.90 Å². The molecule has 2 aromatic carbocycles. The zero-order valence-corrected chi connectivity index (χ0v) is 18.4. The number of aryl methyl sites for hydroxylation is 2. The Kier molecular flexibility index (Phi) is 6.78. The Morgan fingerprint density at radius 3 is 2.32 bits per heavy atom. The van der Waals surface area contributed by atoms with E-state index in [-0.39, 0.29) is 5.91 Å². The normalized spacial score (nSPS) is 15.9. The van der Waals surface area contributed by atoms with Crippen LogP contribution < -0.4 is 4.74 Å². The van der Waals surface area contributed by atoms with Gasteiger partial charge in [0.15, 0.2) is 0 Å². The summed E-state index contributed by atoms with van der Waals surface area (Å²) in [6.07, 6.45) is 1.41. The maximum Gasteiger partial charge on any atom is 0.233 e. The van der Waals surface area contributed by atoms with Crippen molar-refractivity contribution in [3.63, 3.8) is 0 Å². The van der Waals surface area contributed by atoms with Gasteiger partial charge in [-0.05, 0) is 67.6 Å². The summed E-state index contributed by atoms with van der Waals surface area (Å²) in [7, 11) is 1.86. The zero-order valence-electron chi connectivity index (χ0n) is 16.8. The second kappa shape index (κ2) is 9.10. The second-order valence-electron chi connectivity index (χ2n) is 7.60. The molecule has 0 bridgehead atoms. The van der Waals surface area contributed by atoms with E-state index < -0.39 is 5.41 Å². The lowest BCUT2D eigenvalue weighted by atomic mass is 9.73. The van der Waals surface area contributed by atoms with Gasteiger partial charge >= 0.3 is 0 Å². The molecule has 1 amide bonds. The summed E-state index contributed by atoms with van der Waals surface area (Å²) in [5.74, 6) is 0.995. The van der Waals surface area contributed by atoms with E-state index in [0.717, 1.165) is 15.8 Å². The molecule has 2 aromatic rings. The van der Waals surface area contributed by atoms with Gasteiger partial charge in [0.1, 0.15) is 12.4 Å². The van der Waals surface area contributed by atoms with Gasteiger partial charge in [0.05, 0.1) is 12.0 Å². The first-order chi connectivity index (χ1) is 13.4. The Morgan fingerprint density at radius 2 is 1.71 bits per heavy atom.